The van der Waals surface area contributed by atoms with Crippen LogP contribution in [0.2, 0.25) is 0 Å². The standard InChI is InChI=1S/C22H40O4/c1-15(2)17-13-21(11,25-23-19(5,6)7)14-18(16(3)4)22(17,12)26-24-20(8,9)10/h13-16H,1-12H3. The zero-order valence-electron chi connectivity index (χ0n) is 18.9. The average molecular weight is 369 g/mol. The van der Waals surface area contributed by atoms with Crippen LogP contribution >= 0.6 is 0 Å². The summed E-state index contributed by atoms with van der Waals surface area (Å²) in [7, 11) is 0. The molecule has 0 saturated carbocycles. The predicted molar refractivity (Wildman–Crippen MR) is 106 cm³/mol. The van der Waals surface area contributed by atoms with E-state index in [0.717, 1.165) is 11.1 Å². The summed E-state index contributed by atoms with van der Waals surface area (Å²) in [6.45, 7) is 24.7. The van der Waals surface area contributed by atoms with Gasteiger partial charge in [-0.15, -0.1) is 0 Å². The van der Waals surface area contributed by atoms with Crippen molar-refractivity contribution in [3.63, 3.8) is 0 Å². The van der Waals surface area contributed by atoms with Crippen molar-refractivity contribution < 1.29 is 19.6 Å². The van der Waals surface area contributed by atoms with Crippen molar-refractivity contribution in [2.45, 2.75) is 105 Å². The molecule has 0 aromatic carbocycles. The molecule has 1 rings (SSSR count). The van der Waals surface area contributed by atoms with E-state index in [4.69, 9.17) is 19.6 Å². The van der Waals surface area contributed by atoms with Gasteiger partial charge in [-0.25, -0.2) is 19.6 Å². The lowest BCUT2D eigenvalue weighted by atomic mass is 9.71. The highest BCUT2D eigenvalue weighted by molar-refractivity contribution is 5.43. The van der Waals surface area contributed by atoms with Crippen LogP contribution in [0.25, 0.3) is 0 Å². The Morgan fingerprint density at radius 3 is 1.35 bits per heavy atom. The molecule has 0 radical (unpaired) electrons. The van der Waals surface area contributed by atoms with Gasteiger partial charge in [-0.3, -0.25) is 0 Å². The van der Waals surface area contributed by atoms with E-state index in [1.165, 1.54) is 0 Å². The Morgan fingerprint density at radius 2 is 1.04 bits per heavy atom. The monoisotopic (exact) mass is 368 g/mol. The number of hydrogen-bond donors (Lipinski definition) is 0. The molecular formula is C22H40O4. The van der Waals surface area contributed by atoms with Gasteiger partial charge in [0.25, 0.3) is 0 Å². The van der Waals surface area contributed by atoms with Gasteiger partial charge in [0.15, 0.2) is 0 Å². The fraction of sp³-hybridized carbons (Fsp3) is 0.818. The van der Waals surface area contributed by atoms with Crippen LogP contribution in [0, 0.1) is 11.8 Å². The first-order valence-corrected chi connectivity index (χ1v) is 9.69. The van der Waals surface area contributed by atoms with Crippen LogP contribution in [0.15, 0.2) is 23.3 Å². The van der Waals surface area contributed by atoms with Gasteiger partial charge in [0.2, 0.25) is 0 Å². The molecule has 152 valence electrons. The van der Waals surface area contributed by atoms with Gasteiger partial charge in [0.1, 0.15) is 11.2 Å². The van der Waals surface area contributed by atoms with Crippen LogP contribution in [-0.2, 0) is 19.6 Å². The molecule has 0 bridgehead atoms. The minimum Gasteiger partial charge on any atom is -0.230 e. The van der Waals surface area contributed by atoms with Crippen LogP contribution in [0.3, 0.4) is 0 Å². The quantitative estimate of drug-likeness (QED) is 0.319. The molecule has 1 aliphatic rings. The molecular weight excluding hydrogens is 328 g/mol. The van der Waals surface area contributed by atoms with E-state index >= 15 is 0 Å². The topological polar surface area (TPSA) is 36.9 Å². The van der Waals surface area contributed by atoms with Crippen LogP contribution < -0.4 is 0 Å². The maximum absolute atomic E-state index is 6.09. The second kappa shape index (κ2) is 7.75. The molecule has 0 aromatic rings. The highest BCUT2D eigenvalue weighted by Gasteiger charge is 2.46. The zero-order valence-corrected chi connectivity index (χ0v) is 18.9. The lowest BCUT2D eigenvalue weighted by Crippen LogP contribution is -2.46. The smallest absolute Gasteiger partial charge is 0.143 e. The summed E-state index contributed by atoms with van der Waals surface area (Å²) in [6.07, 6.45) is 4.22. The molecule has 0 spiro atoms. The highest BCUT2D eigenvalue weighted by atomic mass is 17.2. The molecule has 0 atom stereocenters. The highest BCUT2D eigenvalue weighted by Crippen LogP contribution is 2.45. The van der Waals surface area contributed by atoms with E-state index in [1.54, 1.807) is 0 Å². The third kappa shape index (κ3) is 6.19. The molecule has 0 N–H and O–H groups in total. The molecule has 26 heavy (non-hydrogen) atoms. The van der Waals surface area contributed by atoms with Crippen LogP contribution in [-0.4, -0.2) is 22.4 Å². The van der Waals surface area contributed by atoms with Gasteiger partial charge >= 0.3 is 0 Å². The molecule has 1 aliphatic carbocycles. The predicted octanol–water partition coefficient (Wildman–Crippen LogP) is 6.18. The molecule has 0 fully saturated rings. The third-order valence-electron chi connectivity index (χ3n) is 4.16. The van der Waals surface area contributed by atoms with Gasteiger partial charge in [-0.1, -0.05) is 27.7 Å². The second-order valence-electron chi connectivity index (χ2n) is 10.3. The van der Waals surface area contributed by atoms with E-state index in [2.05, 4.69) is 46.8 Å². The minimum absolute atomic E-state index is 0.267. The normalized spacial score (nSPS) is 27.8. The Morgan fingerprint density at radius 1 is 0.692 bits per heavy atom. The summed E-state index contributed by atoms with van der Waals surface area (Å²) in [4.78, 5) is 23.4. The van der Waals surface area contributed by atoms with E-state index < -0.39 is 11.2 Å². The fourth-order valence-electron chi connectivity index (χ4n) is 3.10. The van der Waals surface area contributed by atoms with Gasteiger partial charge in [-0.05, 0) is 90.5 Å². The fourth-order valence-corrected chi connectivity index (χ4v) is 3.10. The Kier molecular flexibility index (Phi) is 6.96. The summed E-state index contributed by atoms with van der Waals surface area (Å²) in [5.74, 6) is 0.534. The van der Waals surface area contributed by atoms with E-state index in [-0.39, 0.29) is 23.0 Å². The SMILES string of the molecule is CC(C)C1=CC(C)(OOC(C)(C)C)C=C(C(C)C)C1(C)OOC(C)(C)C. The van der Waals surface area contributed by atoms with Crippen molar-refractivity contribution in [1.29, 1.82) is 0 Å². The average Bonchev–Trinajstić information content (AvgIpc) is 2.44. The van der Waals surface area contributed by atoms with E-state index in [1.807, 2.05) is 48.5 Å². The van der Waals surface area contributed by atoms with Gasteiger partial charge in [-0.2, -0.15) is 0 Å². The lowest BCUT2D eigenvalue weighted by molar-refractivity contribution is -0.392. The molecule has 0 saturated heterocycles. The lowest BCUT2D eigenvalue weighted by Gasteiger charge is -2.44. The van der Waals surface area contributed by atoms with Crippen molar-refractivity contribution in [1.82, 2.24) is 0 Å². The largest absolute Gasteiger partial charge is 0.230 e. The first kappa shape index (κ1) is 23.4. The molecule has 4 nitrogen and oxygen atoms in total. The minimum atomic E-state index is -0.656. The molecule has 0 unspecified atom stereocenters. The van der Waals surface area contributed by atoms with Gasteiger partial charge < -0.3 is 0 Å². The summed E-state index contributed by atoms with van der Waals surface area (Å²) < 4.78 is 0. The number of hydrogen-bond acceptors (Lipinski definition) is 4. The van der Waals surface area contributed by atoms with Gasteiger partial charge in [0.05, 0.1) is 11.2 Å². The van der Waals surface area contributed by atoms with Crippen LogP contribution in [0.5, 0.6) is 0 Å². The molecule has 4 heteroatoms. The van der Waals surface area contributed by atoms with E-state index in [0.29, 0.717) is 0 Å². The molecule has 0 amide bonds. The first-order valence-electron chi connectivity index (χ1n) is 9.69. The third-order valence-corrected chi connectivity index (χ3v) is 4.16. The maximum atomic E-state index is 6.09. The van der Waals surface area contributed by atoms with Crippen molar-refractivity contribution in [3.05, 3.63) is 23.3 Å². The van der Waals surface area contributed by atoms with Crippen molar-refractivity contribution >= 4 is 0 Å². The van der Waals surface area contributed by atoms with Crippen molar-refractivity contribution in [3.8, 4) is 0 Å². The maximum Gasteiger partial charge on any atom is 0.143 e. The second-order valence-corrected chi connectivity index (χ2v) is 10.3. The first-order chi connectivity index (χ1) is 11.5. The summed E-state index contributed by atoms with van der Waals surface area (Å²) >= 11 is 0. The van der Waals surface area contributed by atoms with Crippen LogP contribution in [0.1, 0.15) is 83.1 Å². The van der Waals surface area contributed by atoms with Gasteiger partial charge in [0, 0.05) is 0 Å². The molecule has 0 aromatic heterocycles. The molecule has 0 heterocycles. The Hall–Kier alpha value is -0.680. The summed E-state index contributed by atoms with van der Waals surface area (Å²) in [5.41, 5.74) is 0.200. The Balaban J connectivity index is 3.35. The van der Waals surface area contributed by atoms with Crippen LogP contribution in [0.4, 0.5) is 0 Å². The number of rotatable bonds is 6. The summed E-state index contributed by atoms with van der Waals surface area (Å²) in [5, 5.41) is 0. The Bertz CT molecular complexity index is 515. The van der Waals surface area contributed by atoms with E-state index in [9.17, 15) is 0 Å². The zero-order chi connectivity index (χ0) is 20.6. The summed E-state index contributed by atoms with van der Waals surface area (Å²) in [6, 6.07) is 0. The Labute approximate surface area is 160 Å². The molecule has 0 aliphatic heterocycles. The van der Waals surface area contributed by atoms with Crippen molar-refractivity contribution in [2.24, 2.45) is 11.8 Å². The van der Waals surface area contributed by atoms with Crippen molar-refractivity contribution in [2.75, 3.05) is 0 Å².